The maximum Gasteiger partial charge on any atom is 0.347 e. The summed E-state index contributed by atoms with van der Waals surface area (Å²) in [6, 6.07) is 0. The van der Waals surface area contributed by atoms with Gasteiger partial charge < -0.3 is 4.74 Å². The summed E-state index contributed by atoms with van der Waals surface area (Å²) < 4.78 is 5.26. The molecule has 0 spiro atoms. The van der Waals surface area contributed by atoms with Gasteiger partial charge in [-0.05, 0) is 74.0 Å². The van der Waals surface area contributed by atoms with Crippen molar-refractivity contribution in [3.63, 3.8) is 0 Å². The molecule has 0 unspecified atom stereocenters. The first-order valence-corrected chi connectivity index (χ1v) is 13.1. The molecule has 0 aliphatic carbocycles. The molecule has 0 N–H and O–H groups in total. The largest absolute Gasteiger partial charge is 0.386 e. The van der Waals surface area contributed by atoms with E-state index in [2.05, 4.69) is 27.7 Å². The van der Waals surface area contributed by atoms with Crippen molar-refractivity contribution in [2.24, 2.45) is 0 Å². The van der Waals surface area contributed by atoms with Crippen molar-refractivity contribution in [3.05, 3.63) is 10.6 Å². The number of esters is 2. The van der Waals surface area contributed by atoms with Crippen LogP contribution in [0.5, 0.6) is 0 Å². The van der Waals surface area contributed by atoms with Crippen molar-refractivity contribution in [3.8, 4) is 0 Å². The average Bonchev–Trinajstić information content (AvgIpc) is 3.27. The molecule has 3 heterocycles. The summed E-state index contributed by atoms with van der Waals surface area (Å²) in [7, 11) is -1.08. The van der Waals surface area contributed by atoms with E-state index in [1.54, 1.807) is 0 Å². The Hall–Kier alpha value is -0.260. The molecule has 3 aliphatic rings. The minimum atomic E-state index is -0.542. The Morgan fingerprint density at radius 2 is 0.960 bits per heavy atom. The molecule has 0 aromatic heterocycles. The monoisotopic (exact) mass is 382 g/mol. The molecule has 0 aromatic rings. The lowest BCUT2D eigenvalue weighted by Crippen LogP contribution is -2.11. The quantitative estimate of drug-likeness (QED) is 0.324. The lowest BCUT2D eigenvalue weighted by molar-refractivity contribution is -0.150. The Balaban J connectivity index is 2.08. The van der Waals surface area contributed by atoms with Gasteiger partial charge in [-0.15, -0.1) is 0 Å². The van der Waals surface area contributed by atoms with E-state index in [0.717, 1.165) is 36.3 Å². The predicted octanol–water partition coefficient (Wildman–Crippen LogP) is 5.95. The van der Waals surface area contributed by atoms with Gasteiger partial charge in [0.2, 0.25) is 0 Å². The number of rotatable bonds is 6. The lowest BCUT2D eigenvalue weighted by Gasteiger charge is -2.29. The van der Waals surface area contributed by atoms with Gasteiger partial charge in [0, 0.05) is 0 Å². The third-order valence-corrected chi connectivity index (χ3v) is 14.1. The molecule has 2 saturated heterocycles. The van der Waals surface area contributed by atoms with Gasteiger partial charge in [0.1, 0.15) is 0 Å². The second-order valence-corrected chi connectivity index (χ2v) is 13.0. The van der Waals surface area contributed by atoms with Gasteiger partial charge in [0.25, 0.3) is 0 Å². The first kappa shape index (κ1) is 19.5. The zero-order chi connectivity index (χ0) is 18.1. The highest BCUT2D eigenvalue weighted by molar-refractivity contribution is 7.70. The van der Waals surface area contributed by atoms with Crippen molar-refractivity contribution in [1.29, 1.82) is 0 Å². The number of hydrogen-bond donors (Lipinski definition) is 0. The Bertz CT molecular complexity index is 499. The van der Waals surface area contributed by atoms with E-state index >= 15 is 0 Å². The third kappa shape index (κ3) is 3.37. The molecule has 3 nitrogen and oxygen atoms in total. The molecule has 140 valence electrons. The van der Waals surface area contributed by atoms with Crippen LogP contribution in [0.1, 0.15) is 79.1 Å². The van der Waals surface area contributed by atoms with Crippen LogP contribution >= 0.6 is 15.8 Å². The lowest BCUT2D eigenvalue weighted by atomic mass is 10.1. The van der Waals surface area contributed by atoms with Gasteiger partial charge in [-0.3, -0.25) is 0 Å². The van der Waals surface area contributed by atoms with Gasteiger partial charge in [0.05, 0.1) is 10.6 Å². The van der Waals surface area contributed by atoms with Crippen LogP contribution < -0.4 is 0 Å². The second-order valence-electron chi connectivity index (χ2n) is 7.59. The minimum Gasteiger partial charge on any atom is -0.386 e. The van der Waals surface area contributed by atoms with Crippen LogP contribution in [0.25, 0.3) is 0 Å². The second kappa shape index (κ2) is 8.18. The van der Waals surface area contributed by atoms with E-state index in [-0.39, 0.29) is 11.9 Å². The minimum absolute atomic E-state index is 0.274. The Morgan fingerprint density at radius 3 is 1.20 bits per heavy atom. The summed E-state index contributed by atoms with van der Waals surface area (Å²) in [5.41, 5.74) is 2.39. The van der Waals surface area contributed by atoms with E-state index in [1.807, 2.05) is 0 Å². The molecule has 25 heavy (non-hydrogen) atoms. The molecule has 0 saturated carbocycles. The van der Waals surface area contributed by atoms with Crippen LogP contribution in [0, 0.1) is 0 Å². The molecule has 2 fully saturated rings. The van der Waals surface area contributed by atoms with Crippen LogP contribution in [0.2, 0.25) is 0 Å². The van der Waals surface area contributed by atoms with Crippen LogP contribution in [0.15, 0.2) is 10.6 Å². The molecule has 0 radical (unpaired) electrons. The molecule has 3 aliphatic heterocycles. The SMILES string of the molecule is CC[C@@H]1CC[C@@H](CC)P1C1=C(P2[C@H](CC)CC[C@H]2CC)C(=O)OC1=O. The van der Waals surface area contributed by atoms with Gasteiger partial charge in [-0.1, -0.05) is 43.5 Å². The number of carbonyl (C=O) groups excluding carboxylic acids is 2. The number of ether oxygens (including phenoxy) is 1. The summed E-state index contributed by atoms with van der Waals surface area (Å²) in [6.07, 6.45) is 9.33. The van der Waals surface area contributed by atoms with E-state index in [1.165, 1.54) is 25.7 Å². The number of cyclic esters (lactones) is 2. The standard InChI is InChI=1S/C20H32O3P2/c1-5-13-9-10-14(6-2)24(13)17-18(20(22)23-19(17)21)25-15(7-3)11-12-16(25)8-4/h13-16H,5-12H2,1-4H3/t13-,14-,15-,16-/m1/s1. The van der Waals surface area contributed by atoms with Crippen LogP contribution in [0.4, 0.5) is 0 Å². The molecule has 5 heteroatoms. The summed E-state index contributed by atoms with van der Waals surface area (Å²) in [5, 5.41) is 1.78. The fourth-order valence-corrected chi connectivity index (χ4v) is 12.9. The molecule has 0 aromatic carbocycles. The van der Waals surface area contributed by atoms with Crippen molar-refractivity contribution in [2.75, 3.05) is 0 Å². The number of carbonyl (C=O) groups is 2. The normalized spacial score (nSPS) is 34.4. The fraction of sp³-hybridized carbons (Fsp3) is 0.800. The smallest absolute Gasteiger partial charge is 0.347 e. The van der Waals surface area contributed by atoms with Crippen molar-refractivity contribution in [1.82, 2.24) is 0 Å². The summed E-state index contributed by atoms with van der Waals surface area (Å²) in [6.45, 7) is 8.96. The first-order valence-electron chi connectivity index (χ1n) is 10.1. The van der Waals surface area contributed by atoms with E-state index in [0.29, 0.717) is 22.6 Å². The summed E-state index contributed by atoms with van der Waals surface area (Å²) in [5.74, 6) is -0.548. The first-order chi connectivity index (χ1) is 12.1. The fourth-order valence-electron chi connectivity index (χ4n) is 5.09. The maximum absolute atomic E-state index is 12.8. The van der Waals surface area contributed by atoms with E-state index < -0.39 is 15.8 Å². The highest BCUT2D eigenvalue weighted by atomic mass is 31.1. The van der Waals surface area contributed by atoms with E-state index in [9.17, 15) is 9.59 Å². The zero-order valence-corrected chi connectivity index (χ0v) is 17.9. The zero-order valence-electron chi connectivity index (χ0n) is 16.1. The highest BCUT2D eigenvalue weighted by Crippen LogP contribution is 2.72. The molecule has 0 bridgehead atoms. The third-order valence-electron chi connectivity index (χ3n) is 6.44. The molecule has 0 amide bonds. The Kier molecular flexibility index (Phi) is 6.38. The highest BCUT2D eigenvalue weighted by Gasteiger charge is 2.50. The Labute approximate surface area is 154 Å². The van der Waals surface area contributed by atoms with Gasteiger partial charge in [-0.25, -0.2) is 9.59 Å². The van der Waals surface area contributed by atoms with Crippen molar-refractivity contribution < 1.29 is 14.3 Å². The molecular weight excluding hydrogens is 350 g/mol. The molecular formula is C20H32O3P2. The summed E-state index contributed by atoms with van der Waals surface area (Å²) in [4.78, 5) is 25.6. The Morgan fingerprint density at radius 1 is 0.680 bits per heavy atom. The molecule has 3 rings (SSSR count). The summed E-state index contributed by atoms with van der Waals surface area (Å²) >= 11 is 0. The van der Waals surface area contributed by atoms with Crippen LogP contribution in [0.3, 0.4) is 0 Å². The maximum atomic E-state index is 12.8. The molecule has 4 atom stereocenters. The van der Waals surface area contributed by atoms with Crippen LogP contribution in [-0.4, -0.2) is 34.6 Å². The predicted molar refractivity (Wildman–Crippen MR) is 107 cm³/mol. The van der Waals surface area contributed by atoms with Crippen molar-refractivity contribution >= 4 is 27.8 Å². The van der Waals surface area contributed by atoms with Gasteiger partial charge in [-0.2, -0.15) is 0 Å². The topological polar surface area (TPSA) is 43.4 Å². The van der Waals surface area contributed by atoms with Crippen LogP contribution in [-0.2, 0) is 14.3 Å². The number of hydrogen-bond acceptors (Lipinski definition) is 3. The van der Waals surface area contributed by atoms with Gasteiger partial charge in [0.15, 0.2) is 0 Å². The average molecular weight is 382 g/mol. The van der Waals surface area contributed by atoms with Gasteiger partial charge >= 0.3 is 11.9 Å². The van der Waals surface area contributed by atoms with E-state index in [4.69, 9.17) is 4.74 Å². The van der Waals surface area contributed by atoms with Crippen molar-refractivity contribution in [2.45, 2.75) is 102 Å².